The Bertz CT molecular complexity index is 1560. The zero-order chi connectivity index (χ0) is 21.4. The average Bonchev–Trinajstić information content (AvgIpc) is 3.23. The topological polar surface area (TPSA) is 87.9 Å². The van der Waals surface area contributed by atoms with Gasteiger partial charge < -0.3 is 4.55 Å². The largest absolute Gasteiger partial charge is 1.00 e. The second-order valence-corrected chi connectivity index (χ2v) is 8.41. The fraction of sp³-hybridized carbons (Fsp3) is 0. The molecule has 6 nitrogen and oxygen atoms in total. The minimum absolute atomic E-state index is 0. The minimum Gasteiger partial charge on any atom is -0.744 e. The maximum atomic E-state index is 12.0. The number of hydrogen-bond acceptors (Lipinski definition) is 5. The Kier molecular flexibility index (Phi) is 6.28. The van der Waals surface area contributed by atoms with Gasteiger partial charge in [-0.1, -0.05) is 78.9 Å². The molecule has 5 rings (SSSR count). The van der Waals surface area contributed by atoms with Gasteiger partial charge >= 0.3 is 29.6 Å². The summed E-state index contributed by atoms with van der Waals surface area (Å²) in [7, 11) is -4.70. The molecule has 32 heavy (non-hydrogen) atoms. The third-order valence-corrected chi connectivity index (χ3v) is 5.92. The summed E-state index contributed by atoms with van der Waals surface area (Å²) in [6.07, 6.45) is 3.38. The number of benzene rings is 4. The molecule has 0 aliphatic heterocycles. The molecule has 0 spiro atoms. The van der Waals surface area contributed by atoms with Gasteiger partial charge in [0, 0.05) is 5.39 Å². The van der Waals surface area contributed by atoms with Crippen LogP contribution in [0.5, 0.6) is 0 Å². The number of rotatable bonds is 4. The zero-order valence-electron chi connectivity index (χ0n) is 17.2. The van der Waals surface area contributed by atoms with E-state index in [1.54, 1.807) is 24.3 Å². The van der Waals surface area contributed by atoms with Gasteiger partial charge in [0.2, 0.25) is 0 Å². The monoisotopic (exact) mass is 449 g/mol. The molecule has 5 aromatic rings. The molecule has 0 atom stereocenters. The summed E-state index contributed by atoms with van der Waals surface area (Å²) in [4.78, 5) is 1.04. The Labute approximate surface area is 207 Å². The van der Waals surface area contributed by atoms with E-state index >= 15 is 0 Å². The van der Waals surface area contributed by atoms with Crippen molar-refractivity contribution in [2.24, 2.45) is 0 Å². The van der Waals surface area contributed by atoms with Gasteiger partial charge in [0.15, 0.2) is 0 Å². The molecule has 152 valence electrons. The minimum atomic E-state index is -4.70. The Hall–Kier alpha value is -2.81. The predicted molar refractivity (Wildman–Crippen MR) is 120 cm³/mol. The normalized spacial score (nSPS) is 11.8. The van der Waals surface area contributed by atoms with Crippen LogP contribution >= 0.6 is 0 Å². The standard InChI is InChI=1S/C24H17N3O3S.Na/c28-31(29,30)23-16-20(14-12-19(23)11-10-17-6-2-1-3-7-17)27-25-22-15-13-18-8-4-5-9-21(18)24(22)26-27;/h1-16H,(H,28,29,30);/q;+1/p-1. The van der Waals surface area contributed by atoms with Crippen LogP contribution < -0.4 is 29.6 Å². The first-order chi connectivity index (χ1) is 15.0. The predicted octanol–water partition coefficient (Wildman–Crippen LogP) is 1.65. The van der Waals surface area contributed by atoms with E-state index in [0.717, 1.165) is 16.3 Å². The molecule has 0 aliphatic rings. The number of hydrogen-bond donors (Lipinski definition) is 0. The number of aromatic nitrogens is 3. The van der Waals surface area contributed by atoms with Crippen LogP contribution in [-0.2, 0) is 10.1 Å². The smallest absolute Gasteiger partial charge is 0.744 e. The third kappa shape index (κ3) is 4.39. The quantitative estimate of drug-likeness (QED) is 0.237. The Balaban J connectivity index is 0.00000245. The van der Waals surface area contributed by atoms with E-state index in [2.05, 4.69) is 10.2 Å². The molecular weight excluding hydrogens is 433 g/mol. The van der Waals surface area contributed by atoms with Crippen molar-refractivity contribution in [2.75, 3.05) is 0 Å². The van der Waals surface area contributed by atoms with Crippen molar-refractivity contribution >= 4 is 44.1 Å². The molecule has 1 aromatic heterocycles. The molecule has 0 N–H and O–H groups in total. The molecule has 0 saturated heterocycles. The molecule has 0 fully saturated rings. The summed E-state index contributed by atoms with van der Waals surface area (Å²) in [5.74, 6) is 0. The fourth-order valence-corrected chi connectivity index (χ4v) is 4.21. The van der Waals surface area contributed by atoms with Gasteiger partial charge in [0.1, 0.15) is 21.2 Å². The Morgan fingerprint density at radius 1 is 0.812 bits per heavy atom. The van der Waals surface area contributed by atoms with Gasteiger partial charge in [-0.15, -0.1) is 10.2 Å². The molecule has 4 aromatic carbocycles. The van der Waals surface area contributed by atoms with Gasteiger partial charge in [0.25, 0.3) is 0 Å². The van der Waals surface area contributed by atoms with Crippen LogP contribution in [0.1, 0.15) is 11.1 Å². The van der Waals surface area contributed by atoms with Crippen LogP contribution in [0.2, 0.25) is 0 Å². The number of fused-ring (bicyclic) bond motifs is 3. The SMILES string of the molecule is O=S(=O)([O-])c1cc(-n2nc3ccc4ccccc4c3n2)ccc1C=Cc1ccccc1.[Na+]. The molecule has 0 unspecified atom stereocenters. The summed E-state index contributed by atoms with van der Waals surface area (Å²) >= 11 is 0. The van der Waals surface area contributed by atoms with E-state index < -0.39 is 10.1 Å². The van der Waals surface area contributed by atoms with Gasteiger partial charge in [-0.2, -0.15) is 4.80 Å². The van der Waals surface area contributed by atoms with Crippen molar-refractivity contribution in [3.05, 3.63) is 96.1 Å². The third-order valence-electron chi connectivity index (χ3n) is 5.03. The van der Waals surface area contributed by atoms with Crippen molar-refractivity contribution in [3.63, 3.8) is 0 Å². The average molecular weight is 449 g/mol. The van der Waals surface area contributed by atoms with Crippen LogP contribution in [0.3, 0.4) is 0 Å². The van der Waals surface area contributed by atoms with Crippen LogP contribution in [0.4, 0.5) is 0 Å². The molecule has 8 heteroatoms. The zero-order valence-corrected chi connectivity index (χ0v) is 20.0. The Morgan fingerprint density at radius 2 is 1.56 bits per heavy atom. The second kappa shape index (κ2) is 8.97. The molecule has 0 saturated carbocycles. The molecular formula is C24H16N3NaO3S. The van der Waals surface area contributed by atoms with E-state index in [4.69, 9.17) is 0 Å². The first-order valence-electron chi connectivity index (χ1n) is 9.57. The molecule has 1 heterocycles. The van der Waals surface area contributed by atoms with Gasteiger partial charge in [-0.05, 0) is 34.7 Å². The van der Waals surface area contributed by atoms with Crippen molar-refractivity contribution in [1.29, 1.82) is 0 Å². The summed E-state index contributed by atoms with van der Waals surface area (Å²) in [6.45, 7) is 0. The second-order valence-electron chi connectivity index (χ2n) is 7.06. The summed E-state index contributed by atoms with van der Waals surface area (Å²) in [5.41, 5.74) is 2.99. The fourth-order valence-electron chi connectivity index (χ4n) is 3.52. The van der Waals surface area contributed by atoms with Crippen LogP contribution in [0.25, 0.3) is 39.6 Å². The molecule has 0 bridgehead atoms. The first kappa shape index (κ1) is 22.4. The van der Waals surface area contributed by atoms with E-state index in [-0.39, 0.29) is 34.5 Å². The van der Waals surface area contributed by atoms with Crippen molar-refractivity contribution in [1.82, 2.24) is 15.0 Å². The van der Waals surface area contributed by atoms with Crippen molar-refractivity contribution in [2.45, 2.75) is 4.90 Å². The van der Waals surface area contributed by atoms with Gasteiger partial charge in [0.05, 0.1) is 10.6 Å². The summed E-state index contributed by atoms with van der Waals surface area (Å²) in [5, 5.41) is 11.0. The van der Waals surface area contributed by atoms with E-state index in [9.17, 15) is 13.0 Å². The Morgan fingerprint density at radius 3 is 2.34 bits per heavy atom. The van der Waals surface area contributed by atoms with Crippen LogP contribution in [0, 0.1) is 0 Å². The summed E-state index contributed by atoms with van der Waals surface area (Å²) < 4.78 is 35.9. The molecule has 0 amide bonds. The number of nitrogens with zero attached hydrogens (tertiary/aromatic N) is 3. The van der Waals surface area contributed by atoms with Crippen LogP contribution in [0.15, 0.2) is 89.8 Å². The van der Waals surface area contributed by atoms with Crippen LogP contribution in [-0.4, -0.2) is 28.0 Å². The van der Waals surface area contributed by atoms with Gasteiger partial charge in [-0.3, -0.25) is 0 Å². The van der Waals surface area contributed by atoms with E-state index in [0.29, 0.717) is 22.3 Å². The van der Waals surface area contributed by atoms with Gasteiger partial charge in [-0.25, -0.2) is 8.42 Å². The van der Waals surface area contributed by atoms with E-state index in [1.165, 1.54) is 10.9 Å². The maximum absolute atomic E-state index is 12.0. The van der Waals surface area contributed by atoms with Crippen molar-refractivity contribution < 1.29 is 42.5 Å². The molecule has 0 radical (unpaired) electrons. The first-order valence-corrected chi connectivity index (χ1v) is 11.0. The van der Waals surface area contributed by atoms with E-state index in [1.807, 2.05) is 66.7 Å². The molecule has 0 aliphatic carbocycles. The maximum Gasteiger partial charge on any atom is 1.00 e. The van der Waals surface area contributed by atoms with Crippen molar-refractivity contribution in [3.8, 4) is 5.69 Å². The summed E-state index contributed by atoms with van der Waals surface area (Å²) in [6, 6.07) is 25.7.